The molecule has 0 amide bonds. The van der Waals surface area contributed by atoms with Crippen LogP contribution in [0.1, 0.15) is 0 Å². The van der Waals surface area contributed by atoms with Gasteiger partial charge in [0.25, 0.3) is 0 Å². The van der Waals surface area contributed by atoms with Crippen LogP contribution in [0.4, 0.5) is 14.5 Å². The Kier molecular flexibility index (Phi) is 3.03. The zero-order chi connectivity index (χ0) is 15.0. The van der Waals surface area contributed by atoms with Gasteiger partial charge in [0.15, 0.2) is 11.6 Å². The summed E-state index contributed by atoms with van der Waals surface area (Å²) in [5, 5.41) is 8.96. The molecule has 3 aromatic rings. The number of benzene rings is 2. The number of nitriles is 1. The summed E-state index contributed by atoms with van der Waals surface area (Å²) in [5.41, 5.74) is 7.63. The van der Waals surface area contributed by atoms with Gasteiger partial charge in [-0.3, -0.25) is 0 Å². The molecule has 0 saturated heterocycles. The zero-order valence-corrected chi connectivity index (χ0v) is 10.8. The van der Waals surface area contributed by atoms with Crippen molar-refractivity contribution in [1.29, 1.82) is 5.26 Å². The summed E-state index contributed by atoms with van der Waals surface area (Å²) >= 11 is 0. The Balaban J connectivity index is 2.32. The van der Waals surface area contributed by atoms with E-state index in [0.29, 0.717) is 28.1 Å². The van der Waals surface area contributed by atoms with E-state index in [-0.39, 0.29) is 6.54 Å². The minimum atomic E-state index is -0.972. The fourth-order valence-corrected chi connectivity index (χ4v) is 2.25. The molecule has 0 aliphatic rings. The van der Waals surface area contributed by atoms with Crippen molar-refractivity contribution in [3.05, 3.63) is 48.0 Å². The first-order valence-corrected chi connectivity index (χ1v) is 6.18. The summed E-state index contributed by atoms with van der Waals surface area (Å²) in [6.45, 7) is -0.0221. The Hall–Kier alpha value is -2.94. The Morgan fingerprint density at radius 1 is 1.19 bits per heavy atom. The number of rotatable bonds is 2. The number of nitrogen functional groups attached to an aromatic ring is 1. The molecule has 0 unspecified atom stereocenters. The summed E-state index contributed by atoms with van der Waals surface area (Å²) in [6, 6.07) is 11.0. The van der Waals surface area contributed by atoms with Crippen LogP contribution in [0.5, 0.6) is 0 Å². The highest BCUT2D eigenvalue weighted by Gasteiger charge is 2.15. The van der Waals surface area contributed by atoms with Crippen molar-refractivity contribution in [2.24, 2.45) is 0 Å². The predicted octanol–water partition coefficient (Wildman–Crippen LogP) is 3.09. The molecule has 1 heterocycles. The number of imidazole rings is 1. The van der Waals surface area contributed by atoms with Crippen LogP contribution in [-0.4, -0.2) is 9.55 Å². The minimum Gasteiger partial charge on any atom is -0.399 e. The van der Waals surface area contributed by atoms with Gasteiger partial charge in [-0.15, -0.1) is 0 Å². The SMILES string of the molecule is N#CCn1c(-c2cccc(N)c2)nc2cc(F)c(F)cc21. The van der Waals surface area contributed by atoms with E-state index in [4.69, 9.17) is 11.0 Å². The van der Waals surface area contributed by atoms with E-state index in [1.165, 1.54) is 4.57 Å². The third-order valence-corrected chi connectivity index (χ3v) is 3.16. The first-order valence-electron chi connectivity index (χ1n) is 6.18. The number of aromatic nitrogens is 2. The zero-order valence-electron chi connectivity index (χ0n) is 10.8. The molecule has 0 bridgehead atoms. The number of halogens is 2. The smallest absolute Gasteiger partial charge is 0.161 e. The van der Waals surface area contributed by atoms with Gasteiger partial charge < -0.3 is 10.3 Å². The number of hydrogen-bond donors (Lipinski definition) is 1. The molecule has 1 aromatic heterocycles. The highest BCUT2D eigenvalue weighted by molar-refractivity contribution is 5.81. The lowest BCUT2D eigenvalue weighted by Crippen LogP contribution is -1.99. The second kappa shape index (κ2) is 4.87. The highest BCUT2D eigenvalue weighted by atomic mass is 19.2. The fraction of sp³-hybridized carbons (Fsp3) is 0.0667. The Bertz CT molecular complexity index is 877. The van der Waals surface area contributed by atoms with Gasteiger partial charge >= 0.3 is 0 Å². The van der Waals surface area contributed by atoms with Crippen molar-refractivity contribution in [2.75, 3.05) is 5.73 Å². The van der Waals surface area contributed by atoms with Crippen LogP contribution in [0, 0.1) is 23.0 Å². The molecule has 0 fully saturated rings. The van der Waals surface area contributed by atoms with Gasteiger partial charge in [-0.1, -0.05) is 12.1 Å². The van der Waals surface area contributed by atoms with Crippen molar-refractivity contribution >= 4 is 16.7 Å². The van der Waals surface area contributed by atoms with E-state index in [1.54, 1.807) is 24.3 Å². The van der Waals surface area contributed by atoms with Crippen LogP contribution in [0.15, 0.2) is 36.4 Å². The summed E-state index contributed by atoms with van der Waals surface area (Å²) < 4.78 is 28.3. The second-order valence-electron chi connectivity index (χ2n) is 4.56. The molecule has 4 nitrogen and oxygen atoms in total. The van der Waals surface area contributed by atoms with Gasteiger partial charge in [0.1, 0.15) is 12.4 Å². The van der Waals surface area contributed by atoms with Crippen molar-refractivity contribution in [2.45, 2.75) is 6.54 Å². The maximum Gasteiger partial charge on any atom is 0.161 e. The molecule has 104 valence electrons. The summed E-state index contributed by atoms with van der Waals surface area (Å²) in [7, 11) is 0. The predicted molar refractivity (Wildman–Crippen MR) is 75.1 cm³/mol. The largest absolute Gasteiger partial charge is 0.399 e. The van der Waals surface area contributed by atoms with Crippen LogP contribution in [0.25, 0.3) is 22.4 Å². The molecular weight excluding hydrogens is 274 g/mol. The average molecular weight is 284 g/mol. The van der Waals surface area contributed by atoms with Crippen molar-refractivity contribution < 1.29 is 8.78 Å². The molecule has 2 N–H and O–H groups in total. The number of anilines is 1. The number of fused-ring (bicyclic) bond motifs is 1. The lowest BCUT2D eigenvalue weighted by Gasteiger charge is -2.05. The van der Waals surface area contributed by atoms with Gasteiger partial charge in [0.2, 0.25) is 0 Å². The Labute approximate surface area is 119 Å². The van der Waals surface area contributed by atoms with E-state index in [1.807, 2.05) is 6.07 Å². The molecule has 3 rings (SSSR count). The number of hydrogen-bond acceptors (Lipinski definition) is 3. The molecule has 0 saturated carbocycles. The Morgan fingerprint density at radius 3 is 2.67 bits per heavy atom. The van der Waals surface area contributed by atoms with Gasteiger partial charge in [-0.2, -0.15) is 5.26 Å². The summed E-state index contributed by atoms with van der Waals surface area (Å²) in [4.78, 5) is 4.29. The number of nitrogens with zero attached hydrogens (tertiary/aromatic N) is 3. The van der Waals surface area contributed by atoms with Crippen LogP contribution in [0.3, 0.4) is 0 Å². The van der Waals surface area contributed by atoms with E-state index in [2.05, 4.69) is 4.98 Å². The molecule has 0 aliphatic heterocycles. The first-order chi connectivity index (χ1) is 10.1. The summed E-state index contributed by atoms with van der Waals surface area (Å²) in [5.74, 6) is -1.49. The minimum absolute atomic E-state index is 0.0221. The van der Waals surface area contributed by atoms with E-state index < -0.39 is 11.6 Å². The maximum atomic E-state index is 13.4. The van der Waals surface area contributed by atoms with Gasteiger partial charge in [-0.25, -0.2) is 13.8 Å². The standard InChI is InChI=1S/C15H10F2N4/c16-11-7-13-14(8-12(11)17)21(5-4-18)15(20-13)9-2-1-3-10(19)6-9/h1-3,6-8H,5,19H2. The molecule has 0 atom stereocenters. The number of nitrogens with two attached hydrogens (primary N) is 1. The van der Waals surface area contributed by atoms with Crippen LogP contribution >= 0.6 is 0 Å². The summed E-state index contributed by atoms with van der Waals surface area (Å²) in [6.07, 6.45) is 0. The highest BCUT2D eigenvalue weighted by Crippen LogP contribution is 2.27. The average Bonchev–Trinajstić information content (AvgIpc) is 2.78. The quantitative estimate of drug-likeness (QED) is 0.735. The third-order valence-electron chi connectivity index (χ3n) is 3.16. The van der Waals surface area contributed by atoms with Crippen molar-refractivity contribution in [3.63, 3.8) is 0 Å². The van der Waals surface area contributed by atoms with Crippen molar-refractivity contribution in [1.82, 2.24) is 9.55 Å². The topological polar surface area (TPSA) is 67.6 Å². The fourth-order valence-electron chi connectivity index (χ4n) is 2.25. The van der Waals surface area contributed by atoms with Crippen LogP contribution in [0.2, 0.25) is 0 Å². The monoisotopic (exact) mass is 284 g/mol. The normalized spacial score (nSPS) is 10.7. The van der Waals surface area contributed by atoms with E-state index in [0.717, 1.165) is 12.1 Å². The lowest BCUT2D eigenvalue weighted by atomic mass is 10.2. The van der Waals surface area contributed by atoms with E-state index in [9.17, 15) is 8.78 Å². The van der Waals surface area contributed by atoms with Gasteiger partial charge in [0.05, 0.1) is 17.1 Å². The maximum absolute atomic E-state index is 13.4. The van der Waals surface area contributed by atoms with E-state index >= 15 is 0 Å². The first kappa shape index (κ1) is 13.1. The molecule has 0 aliphatic carbocycles. The Morgan fingerprint density at radius 2 is 1.95 bits per heavy atom. The molecule has 21 heavy (non-hydrogen) atoms. The molecule has 2 aromatic carbocycles. The third kappa shape index (κ3) is 2.19. The van der Waals surface area contributed by atoms with Gasteiger partial charge in [-0.05, 0) is 12.1 Å². The van der Waals surface area contributed by atoms with Crippen LogP contribution < -0.4 is 5.73 Å². The molecule has 6 heteroatoms. The van der Waals surface area contributed by atoms with Gasteiger partial charge in [0, 0.05) is 23.4 Å². The lowest BCUT2D eigenvalue weighted by molar-refractivity contribution is 0.510. The molecule has 0 spiro atoms. The van der Waals surface area contributed by atoms with Crippen LogP contribution in [-0.2, 0) is 6.54 Å². The van der Waals surface area contributed by atoms with Crippen molar-refractivity contribution in [3.8, 4) is 17.5 Å². The molecular formula is C15H10F2N4. The second-order valence-corrected chi connectivity index (χ2v) is 4.56. The molecule has 0 radical (unpaired) electrons.